The third-order valence-corrected chi connectivity index (χ3v) is 3.74. The summed E-state index contributed by atoms with van der Waals surface area (Å²) in [6.07, 6.45) is 3.77. The fourth-order valence-electron chi connectivity index (χ4n) is 2.46. The molecule has 110 valence electrons. The van der Waals surface area contributed by atoms with Crippen LogP contribution in [0, 0.1) is 6.92 Å². The average Bonchev–Trinajstić information content (AvgIpc) is 3.00. The Bertz CT molecular complexity index is 613. The van der Waals surface area contributed by atoms with Crippen molar-refractivity contribution < 1.29 is 4.79 Å². The fourth-order valence-corrected chi connectivity index (χ4v) is 2.46. The molecule has 2 heterocycles. The third-order valence-electron chi connectivity index (χ3n) is 3.74. The molecule has 1 aromatic carbocycles. The zero-order valence-electron chi connectivity index (χ0n) is 12.0. The lowest BCUT2D eigenvalue weighted by Gasteiger charge is -2.22. The van der Waals surface area contributed by atoms with Gasteiger partial charge in [0.1, 0.15) is 0 Å². The molecule has 0 radical (unpaired) electrons. The Balaban J connectivity index is 1.67. The van der Waals surface area contributed by atoms with Crippen molar-refractivity contribution in [3.05, 3.63) is 41.7 Å². The number of hydrogen-bond acceptors (Lipinski definition) is 4. The van der Waals surface area contributed by atoms with E-state index in [9.17, 15) is 4.79 Å². The number of amides is 1. The van der Waals surface area contributed by atoms with Crippen molar-refractivity contribution in [1.29, 1.82) is 0 Å². The molecule has 6 nitrogen and oxygen atoms in total. The van der Waals surface area contributed by atoms with Gasteiger partial charge in [0, 0.05) is 5.69 Å². The summed E-state index contributed by atoms with van der Waals surface area (Å²) in [6, 6.07) is 8.01. The van der Waals surface area contributed by atoms with E-state index in [1.54, 1.807) is 6.20 Å². The second-order valence-corrected chi connectivity index (χ2v) is 5.39. The van der Waals surface area contributed by atoms with E-state index in [2.05, 4.69) is 20.9 Å². The van der Waals surface area contributed by atoms with E-state index in [-0.39, 0.29) is 5.91 Å². The summed E-state index contributed by atoms with van der Waals surface area (Å²) in [7, 11) is 0. The van der Waals surface area contributed by atoms with Crippen molar-refractivity contribution in [2.75, 3.05) is 18.4 Å². The molecular weight excluding hydrogens is 266 g/mol. The van der Waals surface area contributed by atoms with Crippen LogP contribution in [-0.4, -0.2) is 34.0 Å². The highest BCUT2D eigenvalue weighted by molar-refractivity contribution is 6.02. The molecule has 2 N–H and O–H groups in total. The molecule has 1 amide bonds. The van der Waals surface area contributed by atoms with Gasteiger partial charge in [-0.05, 0) is 45.0 Å². The number of anilines is 1. The standard InChI is InChI=1S/C15H19N5O/c1-11-2-4-12(5-3-11)17-15(21)14-10-20(19-18-14)13-6-8-16-9-7-13/h2-5,10,13,16H,6-9H2,1H3,(H,17,21). The normalized spacial score (nSPS) is 15.9. The summed E-state index contributed by atoms with van der Waals surface area (Å²) < 4.78 is 1.81. The lowest BCUT2D eigenvalue weighted by molar-refractivity contribution is 0.102. The number of benzene rings is 1. The molecule has 1 aliphatic heterocycles. The van der Waals surface area contributed by atoms with Crippen molar-refractivity contribution in [1.82, 2.24) is 20.3 Å². The summed E-state index contributed by atoms with van der Waals surface area (Å²) in [5, 5.41) is 14.2. The Kier molecular flexibility index (Phi) is 3.96. The maximum absolute atomic E-state index is 12.2. The second kappa shape index (κ2) is 6.05. The highest BCUT2D eigenvalue weighted by Gasteiger charge is 2.18. The van der Waals surface area contributed by atoms with E-state index in [0.717, 1.165) is 37.2 Å². The Hall–Kier alpha value is -2.21. The maximum Gasteiger partial charge on any atom is 0.277 e. The van der Waals surface area contributed by atoms with Crippen LogP contribution in [0.15, 0.2) is 30.5 Å². The second-order valence-electron chi connectivity index (χ2n) is 5.39. The van der Waals surface area contributed by atoms with Crippen LogP contribution < -0.4 is 10.6 Å². The first-order valence-corrected chi connectivity index (χ1v) is 7.23. The first kappa shape index (κ1) is 13.8. The minimum absolute atomic E-state index is 0.223. The average molecular weight is 285 g/mol. The highest BCUT2D eigenvalue weighted by atomic mass is 16.2. The number of rotatable bonds is 3. The van der Waals surface area contributed by atoms with Crippen LogP contribution in [0.25, 0.3) is 0 Å². The largest absolute Gasteiger partial charge is 0.321 e. The minimum atomic E-state index is -0.223. The molecule has 0 spiro atoms. The van der Waals surface area contributed by atoms with Gasteiger partial charge in [0.2, 0.25) is 0 Å². The van der Waals surface area contributed by atoms with Gasteiger partial charge >= 0.3 is 0 Å². The van der Waals surface area contributed by atoms with E-state index in [1.807, 2.05) is 35.9 Å². The van der Waals surface area contributed by atoms with Gasteiger partial charge in [-0.3, -0.25) is 4.79 Å². The van der Waals surface area contributed by atoms with Gasteiger partial charge in [-0.15, -0.1) is 5.10 Å². The monoisotopic (exact) mass is 285 g/mol. The SMILES string of the molecule is Cc1ccc(NC(=O)c2cn(C3CCNCC3)nn2)cc1. The molecule has 0 atom stereocenters. The number of nitrogens with zero attached hydrogens (tertiary/aromatic N) is 3. The van der Waals surface area contributed by atoms with Crippen molar-refractivity contribution in [3.63, 3.8) is 0 Å². The first-order valence-electron chi connectivity index (χ1n) is 7.23. The molecule has 1 aromatic heterocycles. The Morgan fingerprint density at radius 3 is 2.71 bits per heavy atom. The Labute approximate surface area is 123 Å². The zero-order valence-corrected chi connectivity index (χ0v) is 12.0. The van der Waals surface area contributed by atoms with Crippen LogP contribution >= 0.6 is 0 Å². The molecule has 0 aliphatic carbocycles. The Morgan fingerprint density at radius 1 is 1.29 bits per heavy atom. The van der Waals surface area contributed by atoms with E-state index >= 15 is 0 Å². The van der Waals surface area contributed by atoms with E-state index in [4.69, 9.17) is 0 Å². The number of aromatic nitrogens is 3. The van der Waals surface area contributed by atoms with Crippen LogP contribution in [-0.2, 0) is 0 Å². The molecule has 6 heteroatoms. The number of carbonyl (C=O) groups excluding carboxylic acids is 1. The summed E-state index contributed by atoms with van der Waals surface area (Å²) in [4.78, 5) is 12.2. The number of nitrogens with one attached hydrogen (secondary N) is 2. The number of aryl methyl sites for hydroxylation is 1. The molecule has 1 aliphatic rings. The van der Waals surface area contributed by atoms with Gasteiger partial charge in [-0.2, -0.15) is 0 Å². The lowest BCUT2D eigenvalue weighted by Crippen LogP contribution is -2.29. The van der Waals surface area contributed by atoms with E-state index in [1.165, 1.54) is 0 Å². The van der Waals surface area contributed by atoms with Gasteiger partial charge < -0.3 is 10.6 Å². The smallest absolute Gasteiger partial charge is 0.277 e. The summed E-state index contributed by atoms with van der Waals surface area (Å²) in [6.45, 7) is 3.97. The number of hydrogen-bond donors (Lipinski definition) is 2. The van der Waals surface area contributed by atoms with Gasteiger partial charge in [-0.25, -0.2) is 4.68 Å². The minimum Gasteiger partial charge on any atom is -0.321 e. The van der Waals surface area contributed by atoms with Crippen molar-refractivity contribution >= 4 is 11.6 Å². The van der Waals surface area contributed by atoms with Gasteiger partial charge in [0.25, 0.3) is 5.91 Å². The maximum atomic E-state index is 12.2. The number of piperidine rings is 1. The fraction of sp³-hybridized carbons (Fsp3) is 0.400. The van der Waals surface area contributed by atoms with Crippen molar-refractivity contribution in [3.8, 4) is 0 Å². The van der Waals surface area contributed by atoms with Gasteiger partial charge in [0.15, 0.2) is 5.69 Å². The quantitative estimate of drug-likeness (QED) is 0.901. The van der Waals surface area contributed by atoms with E-state index < -0.39 is 0 Å². The summed E-state index contributed by atoms with van der Waals surface area (Å²) in [5.74, 6) is -0.223. The van der Waals surface area contributed by atoms with E-state index in [0.29, 0.717) is 11.7 Å². The van der Waals surface area contributed by atoms with Crippen molar-refractivity contribution in [2.24, 2.45) is 0 Å². The third kappa shape index (κ3) is 3.28. The summed E-state index contributed by atoms with van der Waals surface area (Å²) in [5.41, 5.74) is 2.28. The Morgan fingerprint density at radius 2 is 2.00 bits per heavy atom. The zero-order chi connectivity index (χ0) is 14.7. The topological polar surface area (TPSA) is 71.8 Å². The molecule has 0 bridgehead atoms. The van der Waals surface area contributed by atoms with Crippen LogP contribution in [0.3, 0.4) is 0 Å². The molecule has 2 aromatic rings. The van der Waals surface area contributed by atoms with Crippen LogP contribution in [0.2, 0.25) is 0 Å². The van der Waals surface area contributed by atoms with Crippen LogP contribution in [0.5, 0.6) is 0 Å². The molecular formula is C15H19N5O. The molecule has 0 unspecified atom stereocenters. The van der Waals surface area contributed by atoms with Gasteiger partial charge in [0.05, 0.1) is 12.2 Å². The molecule has 0 saturated carbocycles. The number of carbonyl (C=O) groups is 1. The predicted molar refractivity (Wildman–Crippen MR) is 80.3 cm³/mol. The van der Waals surface area contributed by atoms with Crippen LogP contribution in [0.1, 0.15) is 34.9 Å². The van der Waals surface area contributed by atoms with Crippen molar-refractivity contribution in [2.45, 2.75) is 25.8 Å². The summed E-state index contributed by atoms with van der Waals surface area (Å²) >= 11 is 0. The molecule has 3 rings (SSSR count). The van der Waals surface area contributed by atoms with Gasteiger partial charge in [-0.1, -0.05) is 22.9 Å². The molecule has 1 fully saturated rings. The molecule has 1 saturated heterocycles. The van der Waals surface area contributed by atoms with Crippen LogP contribution in [0.4, 0.5) is 5.69 Å². The first-order chi connectivity index (χ1) is 10.2. The predicted octanol–water partition coefficient (Wildman–Crippen LogP) is 1.76. The molecule has 21 heavy (non-hydrogen) atoms. The lowest BCUT2D eigenvalue weighted by atomic mass is 10.1. The highest BCUT2D eigenvalue weighted by Crippen LogP contribution is 2.17.